The van der Waals surface area contributed by atoms with Crippen molar-refractivity contribution in [3.63, 3.8) is 0 Å². The predicted octanol–water partition coefficient (Wildman–Crippen LogP) is 1.40. The minimum atomic E-state index is 0. The van der Waals surface area contributed by atoms with E-state index in [1.807, 2.05) is 6.92 Å². The average molecular weight is 243 g/mol. The molecule has 0 unspecified atom stereocenters. The van der Waals surface area contributed by atoms with E-state index in [2.05, 4.69) is 27.2 Å². The molecule has 0 amide bonds. The molecule has 1 aromatic heterocycles. The van der Waals surface area contributed by atoms with Gasteiger partial charge in [-0.05, 0) is 32.9 Å². The van der Waals surface area contributed by atoms with Gasteiger partial charge in [0.2, 0.25) is 0 Å². The Kier molecular flexibility index (Phi) is 4.96. The van der Waals surface area contributed by atoms with Crippen molar-refractivity contribution in [1.29, 1.82) is 0 Å². The predicted molar refractivity (Wildman–Crippen MR) is 68.3 cm³/mol. The van der Waals surface area contributed by atoms with Crippen molar-refractivity contribution in [2.24, 2.45) is 0 Å². The number of piperidine rings is 1. The zero-order valence-corrected chi connectivity index (χ0v) is 10.6. The Morgan fingerprint density at radius 2 is 1.88 bits per heavy atom. The summed E-state index contributed by atoms with van der Waals surface area (Å²) in [4.78, 5) is 10.9. The number of anilines is 1. The van der Waals surface area contributed by atoms with Crippen LogP contribution in [0.1, 0.15) is 18.5 Å². The van der Waals surface area contributed by atoms with Crippen molar-refractivity contribution in [1.82, 2.24) is 15.3 Å². The fourth-order valence-corrected chi connectivity index (χ4v) is 2.11. The van der Waals surface area contributed by atoms with Crippen LogP contribution in [0.25, 0.3) is 0 Å². The van der Waals surface area contributed by atoms with Gasteiger partial charge in [-0.25, -0.2) is 4.98 Å². The van der Waals surface area contributed by atoms with Crippen molar-refractivity contribution in [2.75, 3.05) is 25.0 Å². The second-order valence-corrected chi connectivity index (χ2v) is 4.06. The maximum atomic E-state index is 4.40. The largest absolute Gasteiger partial charge is 0.355 e. The molecule has 16 heavy (non-hydrogen) atoms. The Hall–Kier alpha value is -0.870. The Bertz CT molecular complexity index is 326. The van der Waals surface area contributed by atoms with E-state index >= 15 is 0 Å². The summed E-state index contributed by atoms with van der Waals surface area (Å²) >= 11 is 0. The van der Waals surface area contributed by atoms with Gasteiger partial charge in [0, 0.05) is 25.5 Å². The SMILES string of the molecule is Cc1nccnc1N(C)C1CCNCC1.Cl. The molecule has 4 nitrogen and oxygen atoms in total. The van der Waals surface area contributed by atoms with Crippen LogP contribution in [-0.2, 0) is 0 Å². The molecule has 0 bridgehead atoms. The Morgan fingerprint density at radius 3 is 2.50 bits per heavy atom. The molecule has 0 spiro atoms. The van der Waals surface area contributed by atoms with Crippen molar-refractivity contribution >= 4 is 18.2 Å². The van der Waals surface area contributed by atoms with E-state index in [0.29, 0.717) is 6.04 Å². The lowest BCUT2D eigenvalue weighted by atomic mass is 10.1. The van der Waals surface area contributed by atoms with Gasteiger partial charge >= 0.3 is 0 Å². The summed E-state index contributed by atoms with van der Waals surface area (Å²) in [5.74, 6) is 1.02. The topological polar surface area (TPSA) is 41.1 Å². The first-order chi connectivity index (χ1) is 7.29. The van der Waals surface area contributed by atoms with Crippen LogP contribution in [0.15, 0.2) is 12.4 Å². The minimum Gasteiger partial charge on any atom is -0.355 e. The molecular formula is C11H19ClN4. The van der Waals surface area contributed by atoms with E-state index in [-0.39, 0.29) is 12.4 Å². The van der Waals surface area contributed by atoms with E-state index in [9.17, 15) is 0 Å². The zero-order valence-electron chi connectivity index (χ0n) is 9.81. The van der Waals surface area contributed by atoms with Crippen LogP contribution in [-0.4, -0.2) is 36.1 Å². The number of nitrogens with one attached hydrogen (secondary N) is 1. The number of aromatic nitrogens is 2. The van der Waals surface area contributed by atoms with Gasteiger partial charge in [-0.2, -0.15) is 0 Å². The van der Waals surface area contributed by atoms with E-state index in [4.69, 9.17) is 0 Å². The van der Waals surface area contributed by atoms with Crippen LogP contribution in [0, 0.1) is 6.92 Å². The summed E-state index contributed by atoms with van der Waals surface area (Å²) in [5.41, 5.74) is 1.01. The normalized spacial score (nSPS) is 16.6. The van der Waals surface area contributed by atoms with Gasteiger partial charge in [0.15, 0.2) is 0 Å². The lowest BCUT2D eigenvalue weighted by Crippen LogP contribution is -2.41. The van der Waals surface area contributed by atoms with Gasteiger partial charge in [-0.15, -0.1) is 12.4 Å². The third kappa shape index (κ3) is 2.83. The standard InChI is InChI=1S/C11H18N4.ClH/c1-9-11(14-8-7-13-9)15(2)10-3-5-12-6-4-10;/h7-8,10,12H,3-6H2,1-2H3;1H. The number of rotatable bonds is 2. The first-order valence-corrected chi connectivity index (χ1v) is 5.50. The fourth-order valence-electron chi connectivity index (χ4n) is 2.11. The van der Waals surface area contributed by atoms with E-state index < -0.39 is 0 Å². The summed E-state index contributed by atoms with van der Waals surface area (Å²) in [6.45, 7) is 4.22. The van der Waals surface area contributed by atoms with Crippen LogP contribution in [0.4, 0.5) is 5.82 Å². The lowest BCUT2D eigenvalue weighted by Gasteiger charge is -2.32. The molecule has 1 saturated heterocycles. The van der Waals surface area contributed by atoms with E-state index in [0.717, 1.165) is 24.6 Å². The summed E-state index contributed by atoms with van der Waals surface area (Å²) < 4.78 is 0. The molecule has 0 saturated carbocycles. The highest BCUT2D eigenvalue weighted by molar-refractivity contribution is 5.85. The second-order valence-electron chi connectivity index (χ2n) is 4.06. The maximum absolute atomic E-state index is 4.40. The molecule has 0 atom stereocenters. The number of nitrogens with zero attached hydrogens (tertiary/aromatic N) is 3. The van der Waals surface area contributed by atoms with Gasteiger partial charge in [-0.3, -0.25) is 4.98 Å². The lowest BCUT2D eigenvalue weighted by molar-refractivity contribution is 0.441. The van der Waals surface area contributed by atoms with Gasteiger partial charge in [-0.1, -0.05) is 0 Å². The molecule has 0 aliphatic carbocycles. The number of halogens is 1. The van der Waals surface area contributed by atoms with Crippen molar-refractivity contribution in [2.45, 2.75) is 25.8 Å². The van der Waals surface area contributed by atoms with Crippen LogP contribution in [0.2, 0.25) is 0 Å². The molecule has 1 aromatic rings. The highest BCUT2D eigenvalue weighted by Crippen LogP contribution is 2.19. The molecule has 2 rings (SSSR count). The highest BCUT2D eigenvalue weighted by Gasteiger charge is 2.19. The Labute approximate surface area is 103 Å². The number of hydrogen-bond donors (Lipinski definition) is 1. The zero-order chi connectivity index (χ0) is 10.7. The van der Waals surface area contributed by atoms with Gasteiger partial charge in [0.25, 0.3) is 0 Å². The summed E-state index contributed by atoms with van der Waals surface area (Å²) in [6, 6.07) is 0.599. The molecule has 0 aromatic carbocycles. The quantitative estimate of drug-likeness (QED) is 0.851. The third-order valence-electron chi connectivity index (χ3n) is 3.05. The van der Waals surface area contributed by atoms with Crippen molar-refractivity contribution in [3.8, 4) is 0 Å². The maximum Gasteiger partial charge on any atom is 0.150 e. The molecule has 5 heteroatoms. The first kappa shape index (κ1) is 13.2. The molecule has 1 N–H and O–H groups in total. The molecule has 1 aliphatic heterocycles. The molecule has 0 radical (unpaired) electrons. The first-order valence-electron chi connectivity index (χ1n) is 5.50. The molecule has 2 heterocycles. The minimum absolute atomic E-state index is 0. The van der Waals surface area contributed by atoms with Crippen LogP contribution >= 0.6 is 12.4 Å². The van der Waals surface area contributed by atoms with Crippen LogP contribution in [0.3, 0.4) is 0 Å². The highest BCUT2D eigenvalue weighted by atomic mass is 35.5. The summed E-state index contributed by atoms with van der Waals surface area (Å²) in [6.07, 6.45) is 5.88. The number of aryl methyl sites for hydroxylation is 1. The molecule has 90 valence electrons. The Morgan fingerprint density at radius 1 is 1.25 bits per heavy atom. The number of hydrogen-bond acceptors (Lipinski definition) is 4. The van der Waals surface area contributed by atoms with Crippen LogP contribution < -0.4 is 10.2 Å². The van der Waals surface area contributed by atoms with Gasteiger partial charge < -0.3 is 10.2 Å². The smallest absolute Gasteiger partial charge is 0.150 e. The molecular weight excluding hydrogens is 224 g/mol. The van der Waals surface area contributed by atoms with E-state index in [1.165, 1.54) is 12.8 Å². The Balaban J connectivity index is 0.00000128. The summed E-state index contributed by atoms with van der Waals surface area (Å²) in [5, 5.41) is 3.37. The average Bonchev–Trinajstić information content (AvgIpc) is 2.30. The van der Waals surface area contributed by atoms with Gasteiger partial charge in [0.1, 0.15) is 5.82 Å². The van der Waals surface area contributed by atoms with E-state index in [1.54, 1.807) is 12.4 Å². The third-order valence-corrected chi connectivity index (χ3v) is 3.05. The molecule has 1 aliphatic rings. The molecule has 1 fully saturated rings. The van der Waals surface area contributed by atoms with Crippen molar-refractivity contribution < 1.29 is 0 Å². The summed E-state index contributed by atoms with van der Waals surface area (Å²) in [7, 11) is 2.12. The fraction of sp³-hybridized carbons (Fsp3) is 0.636. The second kappa shape index (κ2) is 6.01. The van der Waals surface area contributed by atoms with Crippen LogP contribution in [0.5, 0.6) is 0 Å². The van der Waals surface area contributed by atoms with Gasteiger partial charge in [0.05, 0.1) is 5.69 Å². The monoisotopic (exact) mass is 242 g/mol. The van der Waals surface area contributed by atoms with Crippen molar-refractivity contribution in [3.05, 3.63) is 18.1 Å².